The molecule has 21 heavy (non-hydrogen) atoms. The molecule has 2 unspecified atom stereocenters. The molecular formula is C19H31NO. The van der Waals surface area contributed by atoms with Crippen LogP contribution < -0.4 is 5.73 Å². The third-order valence-electron chi connectivity index (χ3n) is 4.74. The van der Waals surface area contributed by atoms with Crippen LogP contribution in [0.2, 0.25) is 0 Å². The van der Waals surface area contributed by atoms with E-state index in [1.54, 1.807) is 0 Å². The van der Waals surface area contributed by atoms with Gasteiger partial charge in [0.15, 0.2) is 0 Å². The fourth-order valence-corrected chi connectivity index (χ4v) is 3.60. The summed E-state index contributed by atoms with van der Waals surface area (Å²) in [4.78, 5) is 0. The SMILES string of the molecule is CC1(C)CC(C(N)c2ccc(C(C)(C)C)cc2)C(C)(C)O1. The van der Waals surface area contributed by atoms with Crippen molar-refractivity contribution < 1.29 is 4.74 Å². The molecule has 2 atom stereocenters. The number of nitrogens with two attached hydrogens (primary N) is 1. The molecule has 0 aliphatic carbocycles. The molecular weight excluding hydrogens is 258 g/mol. The minimum atomic E-state index is -0.175. The second-order valence-electron chi connectivity index (χ2n) is 8.67. The molecule has 0 bridgehead atoms. The summed E-state index contributed by atoms with van der Waals surface area (Å²) in [5.74, 6) is 0.341. The maximum absolute atomic E-state index is 6.58. The summed E-state index contributed by atoms with van der Waals surface area (Å²) in [5, 5.41) is 0. The monoisotopic (exact) mass is 289 g/mol. The fourth-order valence-electron chi connectivity index (χ4n) is 3.60. The molecule has 2 rings (SSSR count). The predicted molar refractivity (Wildman–Crippen MR) is 89.4 cm³/mol. The van der Waals surface area contributed by atoms with E-state index in [4.69, 9.17) is 10.5 Å². The van der Waals surface area contributed by atoms with E-state index < -0.39 is 0 Å². The lowest BCUT2D eigenvalue weighted by Crippen LogP contribution is -2.35. The third-order valence-corrected chi connectivity index (χ3v) is 4.74. The van der Waals surface area contributed by atoms with Crippen LogP contribution in [0, 0.1) is 5.92 Å². The first-order valence-electron chi connectivity index (χ1n) is 7.99. The van der Waals surface area contributed by atoms with E-state index in [2.05, 4.69) is 72.7 Å². The molecule has 1 heterocycles. The van der Waals surface area contributed by atoms with Crippen LogP contribution in [0.5, 0.6) is 0 Å². The summed E-state index contributed by atoms with van der Waals surface area (Å²) in [5.41, 5.74) is 9.05. The van der Waals surface area contributed by atoms with Crippen molar-refractivity contribution in [3.05, 3.63) is 35.4 Å². The van der Waals surface area contributed by atoms with Crippen molar-refractivity contribution in [1.29, 1.82) is 0 Å². The molecule has 118 valence electrons. The maximum Gasteiger partial charge on any atom is 0.0680 e. The molecule has 1 fully saturated rings. The van der Waals surface area contributed by atoms with E-state index in [1.807, 2.05) is 0 Å². The summed E-state index contributed by atoms with van der Waals surface area (Å²) in [6.45, 7) is 15.3. The van der Waals surface area contributed by atoms with Crippen LogP contribution in [-0.2, 0) is 10.2 Å². The van der Waals surface area contributed by atoms with Crippen molar-refractivity contribution >= 4 is 0 Å². The molecule has 0 aromatic heterocycles. The largest absolute Gasteiger partial charge is 0.369 e. The van der Waals surface area contributed by atoms with Gasteiger partial charge in [0.05, 0.1) is 11.2 Å². The molecule has 1 aromatic rings. The van der Waals surface area contributed by atoms with E-state index in [-0.39, 0.29) is 22.7 Å². The number of hydrogen-bond donors (Lipinski definition) is 1. The average Bonchev–Trinajstić information content (AvgIpc) is 2.55. The van der Waals surface area contributed by atoms with E-state index in [1.165, 1.54) is 11.1 Å². The quantitative estimate of drug-likeness (QED) is 0.865. The number of hydrogen-bond acceptors (Lipinski definition) is 2. The molecule has 2 N–H and O–H groups in total. The second-order valence-corrected chi connectivity index (χ2v) is 8.67. The normalized spacial score (nSPS) is 25.8. The number of ether oxygens (including phenoxy) is 1. The lowest BCUT2D eigenvalue weighted by atomic mass is 9.78. The van der Waals surface area contributed by atoms with Crippen molar-refractivity contribution in [3.8, 4) is 0 Å². The highest BCUT2D eigenvalue weighted by Gasteiger charge is 2.48. The average molecular weight is 289 g/mol. The van der Waals surface area contributed by atoms with Crippen LogP contribution in [0.4, 0.5) is 0 Å². The van der Waals surface area contributed by atoms with Gasteiger partial charge >= 0.3 is 0 Å². The van der Waals surface area contributed by atoms with Crippen LogP contribution in [0.3, 0.4) is 0 Å². The molecule has 0 radical (unpaired) electrons. The van der Waals surface area contributed by atoms with Crippen LogP contribution in [0.1, 0.15) is 72.1 Å². The zero-order valence-corrected chi connectivity index (χ0v) is 14.7. The van der Waals surface area contributed by atoms with Crippen molar-refractivity contribution in [2.75, 3.05) is 0 Å². The van der Waals surface area contributed by atoms with Gasteiger partial charge in [0, 0.05) is 12.0 Å². The van der Waals surface area contributed by atoms with E-state index in [0.29, 0.717) is 5.92 Å². The molecule has 1 aliphatic heterocycles. The standard InChI is InChI=1S/C19H31NO/c1-17(2,3)14-10-8-13(9-11-14)16(20)15-12-18(4,5)21-19(15,6)7/h8-11,15-16H,12,20H2,1-7H3. The summed E-state index contributed by atoms with van der Waals surface area (Å²) in [7, 11) is 0. The van der Waals surface area contributed by atoms with Crippen LogP contribution in [0.25, 0.3) is 0 Å². The van der Waals surface area contributed by atoms with Gasteiger partial charge in [0.2, 0.25) is 0 Å². The van der Waals surface area contributed by atoms with Crippen LogP contribution in [0.15, 0.2) is 24.3 Å². The van der Waals surface area contributed by atoms with Gasteiger partial charge in [-0.15, -0.1) is 0 Å². The highest BCUT2D eigenvalue weighted by Crippen LogP contribution is 2.46. The molecule has 0 spiro atoms. The lowest BCUT2D eigenvalue weighted by Gasteiger charge is -2.31. The first kappa shape index (κ1) is 16.5. The van der Waals surface area contributed by atoms with E-state index in [9.17, 15) is 0 Å². The molecule has 1 aliphatic rings. The Hall–Kier alpha value is -0.860. The molecule has 2 heteroatoms. The first-order chi connectivity index (χ1) is 9.42. The van der Waals surface area contributed by atoms with Crippen LogP contribution in [-0.4, -0.2) is 11.2 Å². The zero-order valence-electron chi connectivity index (χ0n) is 14.7. The van der Waals surface area contributed by atoms with E-state index >= 15 is 0 Å². The van der Waals surface area contributed by atoms with Gasteiger partial charge in [-0.2, -0.15) is 0 Å². The van der Waals surface area contributed by atoms with Crippen molar-refractivity contribution in [2.24, 2.45) is 11.7 Å². The molecule has 0 saturated carbocycles. The Morgan fingerprint density at radius 1 is 1.10 bits per heavy atom. The van der Waals surface area contributed by atoms with Gasteiger partial charge in [0.1, 0.15) is 0 Å². The van der Waals surface area contributed by atoms with Gasteiger partial charge in [-0.25, -0.2) is 0 Å². The Morgan fingerprint density at radius 3 is 2.00 bits per heavy atom. The molecule has 1 aromatic carbocycles. The number of benzene rings is 1. The third kappa shape index (κ3) is 3.49. The maximum atomic E-state index is 6.58. The second kappa shape index (κ2) is 5.10. The highest BCUT2D eigenvalue weighted by atomic mass is 16.5. The summed E-state index contributed by atoms with van der Waals surface area (Å²) in [6.07, 6.45) is 1.00. The Morgan fingerprint density at radius 2 is 1.62 bits per heavy atom. The Bertz CT molecular complexity index is 493. The number of rotatable bonds is 2. The highest BCUT2D eigenvalue weighted by molar-refractivity contribution is 5.30. The lowest BCUT2D eigenvalue weighted by molar-refractivity contribution is -0.0767. The molecule has 1 saturated heterocycles. The van der Waals surface area contributed by atoms with Crippen molar-refractivity contribution in [1.82, 2.24) is 0 Å². The van der Waals surface area contributed by atoms with E-state index in [0.717, 1.165) is 6.42 Å². The predicted octanol–water partition coefficient (Wildman–Crippen LogP) is 4.58. The summed E-state index contributed by atoms with van der Waals surface area (Å²) >= 11 is 0. The minimum Gasteiger partial charge on any atom is -0.369 e. The minimum absolute atomic E-state index is 0.0239. The summed E-state index contributed by atoms with van der Waals surface area (Å²) in [6, 6.07) is 8.82. The van der Waals surface area contributed by atoms with Gasteiger partial charge in [-0.1, -0.05) is 45.0 Å². The van der Waals surface area contributed by atoms with Gasteiger partial charge in [0.25, 0.3) is 0 Å². The molecule has 2 nitrogen and oxygen atoms in total. The van der Waals surface area contributed by atoms with Crippen LogP contribution >= 0.6 is 0 Å². The Labute approximate surface area is 130 Å². The van der Waals surface area contributed by atoms with Crippen molar-refractivity contribution in [2.45, 2.75) is 77.5 Å². The topological polar surface area (TPSA) is 35.2 Å². The zero-order chi connectivity index (χ0) is 16.1. The Balaban J connectivity index is 2.23. The van der Waals surface area contributed by atoms with Gasteiger partial charge < -0.3 is 10.5 Å². The van der Waals surface area contributed by atoms with Gasteiger partial charge in [-0.3, -0.25) is 0 Å². The summed E-state index contributed by atoms with van der Waals surface area (Å²) < 4.78 is 6.19. The Kier molecular flexibility index (Phi) is 4.01. The fraction of sp³-hybridized carbons (Fsp3) is 0.684. The molecule has 0 amide bonds. The smallest absolute Gasteiger partial charge is 0.0680 e. The van der Waals surface area contributed by atoms with Crippen molar-refractivity contribution in [3.63, 3.8) is 0 Å². The van der Waals surface area contributed by atoms with Gasteiger partial charge in [-0.05, 0) is 50.7 Å². The first-order valence-corrected chi connectivity index (χ1v) is 7.99.